The quantitative estimate of drug-likeness (QED) is 0.379. The van der Waals surface area contributed by atoms with E-state index in [1.165, 1.54) is 12.3 Å². The van der Waals surface area contributed by atoms with E-state index in [9.17, 15) is 22.4 Å². The highest BCUT2D eigenvalue weighted by Gasteiger charge is 2.54. The van der Waals surface area contributed by atoms with Gasteiger partial charge in [-0.2, -0.15) is 8.78 Å². The molecule has 0 bridgehead atoms. The molecule has 0 spiro atoms. The summed E-state index contributed by atoms with van der Waals surface area (Å²) in [7, 11) is 0. The van der Waals surface area contributed by atoms with Crippen LogP contribution in [-0.4, -0.2) is 40.7 Å². The zero-order valence-electron chi connectivity index (χ0n) is 19.2. The second kappa shape index (κ2) is 9.30. The molecule has 3 N–H and O–H groups in total. The SMILES string of the molecule is Cc1ncc(OC(F)F)cc1C(=N)C1=C(NC(C)C)C[C@H](C(=O)NC2(C)CC(F)(F)C2)CC1. The van der Waals surface area contributed by atoms with E-state index >= 15 is 0 Å². The molecule has 1 saturated carbocycles. The molecule has 3 rings (SSSR count). The Balaban J connectivity index is 1.81. The average molecular weight is 471 g/mol. The Bertz CT molecular complexity index is 954. The number of carbonyl (C=O) groups is 1. The van der Waals surface area contributed by atoms with Gasteiger partial charge in [-0.25, -0.2) is 8.78 Å². The second-order valence-electron chi connectivity index (χ2n) is 9.51. The van der Waals surface area contributed by atoms with E-state index in [4.69, 9.17) is 5.41 Å². The van der Waals surface area contributed by atoms with Gasteiger partial charge in [0.05, 0.1) is 11.9 Å². The molecule has 1 amide bonds. The van der Waals surface area contributed by atoms with Crippen molar-refractivity contribution in [1.29, 1.82) is 5.41 Å². The molecule has 1 heterocycles. The summed E-state index contributed by atoms with van der Waals surface area (Å²) in [6.45, 7) is 4.17. The van der Waals surface area contributed by atoms with Crippen LogP contribution in [0.25, 0.3) is 0 Å². The van der Waals surface area contributed by atoms with Crippen molar-refractivity contribution in [3.8, 4) is 5.75 Å². The summed E-state index contributed by atoms with van der Waals surface area (Å²) in [6, 6.07) is 1.40. The molecule has 1 aromatic rings. The number of alkyl halides is 4. The molecule has 1 fully saturated rings. The standard InChI is InChI=1S/C23H30F4N4O2/c1-12(2)30-18-7-14(20(32)31-22(4)10-23(26,27)11-22)5-6-16(18)19(28)17-8-15(33-21(24)25)9-29-13(17)3/h8-9,12,14,21,28,30H,5-7,10-11H2,1-4H3,(H,31,32)/t14-/m1/s1. The van der Waals surface area contributed by atoms with Crippen LogP contribution in [0.2, 0.25) is 0 Å². The summed E-state index contributed by atoms with van der Waals surface area (Å²) in [5.41, 5.74) is 1.48. The molecule has 0 aromatic carbocycles. The molecule has 33 heavy (non-hydrogen) atoms. The van der Waals surface area contributed by atoms with Crippen LogP contribution in [0.1, 0.15) is 64.1 Å². The molecule has 1 aromatic heterocycles. The Kier molecular flexibility index (Phi) is 7.04. The summed E-state index contributed by atoms with van der Waals surface area (Å²) in [4.78, 5) is 16.9. The van der Waals surface area contributed by atoms with Gasteiger partial charge in [-0.3, -0.25) is 15.2 Å². The molecule has 2 aliphatic rings. The fourth-order valence-corrected chi connectivity index (χ4v) is 4.61. The average Bonchev–Trinajstić information content (AvgIpc) is 2.66. The number of hydrogen-bond donors (Lipinski definition) is 3. The maximum Gasteiger partial charge on any atom is 0.387 e. The molecule has 0 radical (unpaired) electrons. The predicted molar refractivity (Wildman–Crippen MR) is 116 cm³/mol. The van der Waals surface area contributed by atoms with Gasteiger partial charge in [0, 0.05) is 47.3 Å². The Hall–Kier alpha value is -2.65. The third-order valence-electron chi connectivity index (χ3n) is 5.97. The Morgan fingerprint density at radius 3 is 2.55 bits per heavy atom. The fraction of sp³-hybridized carbons (Fsp3) is 0.609. The third kappa shape index (κ3) is 6.03. The monoisotopic (exact) mass is 470 g/mol. The summed E-state index contributed by atoms with van der Waals surface area (Å²) in [5, 5.41) is 14.8. The lowest BCUT2D eigenvalue weighted by Gasteiger charge is -2.46. The van der Waals surface area contributed by atoms with Crippen molar-refractivity contribution in [1.82, 2.24) is 15.6 Å². The minimum absolute atomic E-state index is 0.0279. The van der Waals surface area contributed by atoms with E-state index in [-0.39, 0.29) is 36.3 Å². The molecule has 10 heteroatoms. The number of carbonyl (C=O) groups excluding carboxylic acids is 1. The second-order valence-corrected chi connectivity index (χ2v) is 9.51. The van der Waals surface area contributed by atoms with E-state index in [1.807, 2.05) is 13.8 Å². The number of nitrogens with zero attached hydrogens (tertiary/aromatic N) is 1. The number of allylic oxidation sites excluding steroid dienone is 2. The van der Waals surface area contributed by atoms with E-state index in [0.717, 1.165) is 0 Å². The Labute approximate surface area is 190 Å². The molecular formula is C23H30F4N4O2. The van der Waals surface area contributed by atoms with Crippen LogP contribution in [0.15, 0.2) is 23.5 Å². The van der Waals surface area contributed by atoms with Gasteiger partial charge < -0.3 is 15.4 Å². The number of amides is 1. The molecule has 0 saturated heterocycles. The normalized spacial score (nSPS) is 21.6. The van der Waals surface area contributed by atoms with Gasteiger partial charge in [0.2, 0.25) is 5.91 Å². The van der Waals surface area contributed by atoms with Crippen molar-refractivity contribution in [2.45, 2.75) is 83.9 Å². The maximum atomic E-state index is 13.3. The van der Waals surface area contributed by atoms with Crippen LogP contribution in [0.3, 0.4) is 0 Å². The minimum Gasteiger partial charge on any atom is -0.433 e. The first-order chi connectivity index (χ1) is 15.3. The number of ether oxygens (including phenoxy) is 1. The highest BCUT2D eigenvalue weighted by atomic mass is 19.3. The first-order valence-electron chi connectivity index (χ1n) is 11.0. The molecule has 182 valence electrons. The van der Waals surface area contributed by atoms with E-state index in [0.29, 0.717) is 41.8 Å². The van der Waals surface area contributed by atoms with Crippen LogP contribution in [-0.2, 0) is 4.79 Å². The summed E-state index contributed by atoms with van der Waals surface area (Å²) in [5.74, 6) is -3.56. The molecular weight excluding hydrogens is 440 g/mol. The van der Waals surface area contributed by atoms with Crippen molar-refractivity contribution in [2.24, 2.45) is 5.92 Å². The summed E-state index contributed by atoms with van der Waals surface area (Å²) < 4.78 is 56.3. The van der Waals surface area contributed by atoms with E-state index in [2.05, 4.69) is 20.4 Å². The third-order valence-corrected chi connectivity index (χ3v) is 5.97. The van der Waals surface area contributed by atoms with Crippen LogP contribution in [0, 0.1) is 18.3 Å². The number of hydrogen-bond acceptors (Lipinski definition) is 5. The molecule has 6 nitrogen and oxygen atoms in total. The molecule has 0 unspecified atom stereocenters. The van der Waals surface area contributed by atoms with Gasteiger partial charge in [-0.15, -0.1) is 0 Å². The highest BCUT2D eigenvalue weighted by molar-refractivity contribution is 6.12. The van der Waals surface area contributed by atoms with E-state index in [1.54, 1.807) is 13.8 Å². The maximum absolute atomic E-state index is 13.3. The van der Waals surface area contributed by atoms with Crippen LogP contribution < -0.4 is 15.4 Å². The molecule has 2 aliphatic carbocycles. The Morgan fingerprint density at radius 1 is 1.30 bits per heavy atom. The lowest BCUT2D eigenvalue weighted by molar-refractivity contribution is -0.146. The fourth-order valence-electron chi connectivity index (χ4n) is 4.61. The number of nitrogens with one attached hydrogen (secondary N) is 3. The molecule has 0 aliphatic heterocycles. The van der Waals surface area contributed by atoms with Crippen LogP contribution >= 0.6 is 0 Å². The van der Waals surface area contributed by atoms with Gasteiger partial charge in [0.1, 0.15) is 5.75 Å². The smallest absolute Gasteiger partial charge is 0.387 e. The summed E-state index contributed by atoms with van der Waals surface area (Å²) >= 11 is 0. The number of aromatic nitrogens is 1. The van der Waals surface area contributed by atoms with Gasteiger partial charge in [-0.05, 0) is 58.6 Å². The first-order valence-corrected chi connectivity index (χ1v) is 11.0. The first kappa shape index (κ1) is 25.0. The number of pyridine rings is 1. The van der Waals surface area contributed by atoms with Crippen LogP contribution in [0.4, 0.5) is 17.6 Å². The van der Waals surface area contributed by atoms with E-state index < -0.39 is 24.0 Å². The number of aryl methyl sites for hydroxylation is 1. The van der Waals surface area contributed by atoms with Crippen molar-refractivity contribution in [2.75, 3.05) is 0 Å². The lowest BCUT2D eigenvalue weighted by Crippen LogP contribution is -2.61. The largest absolute Gasteiger partial charge is 0.433 e. The number of rotatable bonds is 8. The van der Waals surface area contributed by atoms with Crippen molar-refractivity contribution in [3.05, 3.63) is 34.8 Å². The van der Waals surface area contributed by atoms with Gasteiger partial charge >= 0.3 is 6.61 Å². The lowest BCUT2D eigenvalue weighted by atomic mass is 9.74. The van der Waals surface area contributed by atoms with Crippen LogP contribution in [0.5, 0.6) is 5.75 Å². The van der Waals surface area contributed by atoms with Crippen molar-refractivity contribution in [3.63, 3.8) is 0 Å². The van der Waals surface area contributed by atoms with Gasteiger partial charge in [0.25, 0.3) is 5.92 Å². The van der Waals surface area contributed by atoms with Gasteiger partial charge in [-0.1, -0.05) is 0 Å². The van der Waals surface area contributed by atoms with Crippen molar-refractivity contribution < 1.29 is 27.1 Å². The zero-order chi connectivity index (χ0) is 24.6. The molecule has 1 atom stereocenters. The summed E-state index contributed by atoms with van der Waals surface area (Å²) in [6.07, 6.45) is 1.62. The predicted octanol–water partition coefficient (Wildman–Crippen LogP) is 4.72. The van der Waals surface area contributed by atoms with Crippen molar-refractivity contribution >= 4 is 11.6 Å². The zero-order valence-corrected chi connectivity index (χ0v) is 19.2. The number of halogens is 4. The topological polar surface area (TPSA) is 87.1 Å². The highest BCUT2D eigenvalue weighted by Crippen LogP contribution is 2.45. The Morgan fingerprint density at radius 2 is 1.97 bits per heavy atom. The minimum atomic E-state index is -3.00. The van der Waals surface area contributed by atoms with Gasteiger partial charge in [0.15, 0.2) is 0 Å².